The molecular formula is C21H16O7. The van der Waals surface area contributed by atoms with Gasteiger partial charge in [0.05, 0.1) is 30.7 Å². The fraction of sp³-hybridized carbons (Fsp3) is 0.190. The Morgan fingerprint density at radius 3 is 2.71 bits per heavy atom. The molecule has 2 heterocycles. The molecule has 1 atom stereocenters. The molecule has 142 valence electrons. The quantitative estimate of drug-likeness (QED) is 0.423. The van der Waals surface area contributed by atoms with E-state index in [0.29, 0.717) is 16.7 Å². The average molecular weight is 380 g/mol. The molecule has 2 aromatic carbocycles. The summed E-state index contributed by atoms with van der Waals surface area (Å²) in [5.74, 6) is -1.38. The maximum atomic E-state index is 13.1. The lowest BCUT2D eigenvalue weighted by molar-refractivity contribution is -0.135. The Balaban J connectivity index is 1.97. The van der Waals surface area contributed by atoms with Crippen molar-refractivity contribution in [1.82, 2.24) is 0 Å². The molecule has 1 aliphatic heterocycles. The van der Waals surface area contributed by atoms with Crippen LogP contribution in [0.4, 0.5) is 0 Å². The lowest BCUT2D eigenvalue weighted by Crippen LogP contribution is -2.25. The highest BCUT2D eigenvalue weighted by molar-refractivity contribution is 5.98. The predicted molar refractivity (Wildman–Crippen MR) is 99.2 cm³/mol. The highest BCUT2D eigenvalue weighted by Gasteiger charge is 2.34. The summed E-state index contributed by atoms with van der Waals surface area (Å²) in [5.41, 5.74) is 0.526. The fourth-order valence-electron chi connectivity index (χ4n) is 3.49. The molecule has 0 aliphatic carbocycles. The topological polar surface area (TPSA) is 103 Å². The first-order valence-electron chi connectivity index (χ1n) is 8.57. The Hall–Kier alpha value is -3.61. The predicted octanol–water partition coefficient (Wildman–Crippen LogP) is 3.15. The zero-order valence-corrected chi connectivity index (χ0v) is 15.1. The van der Waals surface area contributed by atoms with E-state index in [-0.39, 0.29) is 45.8 Å². The Labute approximate surface area is 159 Å². The number of carbonyl (C=O) groups excluding carboxylic acids is 2. The fourth-order valence-corrected chi connectivity index (χ4v) is 3.49. The number of carbonyl (C=O) groups is 2. The highest BCUT2D eigenvalue weighted by Crippen LogP contribution is 2.44. The van der Waals surface area contributed by atoms with Crippen LogP contribution in [0.3, 0.4) is 0 Å². The van der Waals surface area contributed by atoms with E-state index in [1.165, 1.54) is 32.4 Å². The van der Waals surface area contributed by atoms with Crippen molar-refractivity contribution in [3.63, 3.8) is 0 Å². The van der Waals surface area contributed by atoms with Crippen LogP contribution in [-0.4, -0.2) is 24.0 Å². The summed E-state index contributed by atoms with van der Waals surface area (Å²) in [6, 6.07) is 7.68. The summed E-state index contributed by atoms with van der Waals surface area (Å²) < 4.78 is 16.0. The van der Waals surface area contributed by atoms with Crippen LogP contribution in [0.25, 0.3) is 11.0 Å². The molecule has 1 aliphatic rings. The van der Waals surface area contributed by atoms with Crippen LogP contribution in [0.15, 0.2) is 45.8 Å². The van der Waals surface area contributed by atoms with Gasteiger partial charge in [-0.1, -0.05) is 0 Å². The Bertz CT molecular complexity index is 1190. The largest absolute Gasteiger partial charge is 0.507 e. The summed E-state index contributed by atoms with van der Waals surface area (Å²) in [6.07, 6.45) is 1.12. The third-order valence-electron chi connectivity index (χ3n) is 4.88. The van der Waals surface area contributed by atoms with Gasteiger partial charge in [0.2, 0.25) is 0 Å². The van der Waals surface area contributed by atoms with Crippen LogP contribution in [0, 0.1) is 0 Å². The van der Waals surface area contributed by atoms with E-state index in [9.17, 15) is 19.5 Å². The number of methoxy groups -OCH3 is 1. The number of benzene rings is 2. The molecule has 0 saturated carbocycles. The molecule has 0 unspecified atom stereocenters. The molecule has 3 aromatic rings. The summed E-state index contributed by atoms with van der Waals surface area (Å²) in [7, 11) is 1.49. The van der Waals surface area contributed by atoms with Gasteiger partial charge in [0.1, 0.15) is 22.8 Å². The molecule has 28 heavy (non-hydrogen) atoms. The lowest BCUT2D eigenvalue weighted by atomic mass is 9.84. The van der Waals surface area contributed by atoms with Crippen molar-refractivity contribution in [3.8, 4) is 17.2 Å². The Morgan fingerprint density at radius 2 is 2.00 bits per heavy atom. The number of rotatable bonds is 3. The van der Waals surface area contributed by atoms with Crippen molar-refractivity contribution in [1.29, 1.82) is 0 Å². The maximum Gasteiger partial charge on any atom is 0.312 e. The monoisotopic (exact) mass is 380 g/mol. The van der Waals surface area contributed by atoms with E-state index in [0.717, 1.165) is 0 Å². The summed E-state index contributed by atoms with van der Waals surface area (Å²) in [4.78, 5) is 37.0. The first-order valence-corrected chi connectivity index (χ1v) is 8.57. The van der Waals surface area contributed by atoms with Gasteiger partial charge in [0.25, 0.3) is 0 Å². The number of hydrogen-bond donors (Lipinski definition) is 1. The third kappa shape index (κ3) is 2.72. The zero-order valence-electron chi connectivity index (χ0n) is 15.1. The van der Waals surface area contributed by atoms with Crippen molar-refractivity contribution in [2.45, 2.75) is 19.3 Å². The molecule has 7 heteroatoms. The molecule has 1 N–H and O–H groups in total. The molecule has 0 amide bonds. The highest BCUT2D eigenvalue weighted by atomic mass is 16.5. The van der Waals surface area contributed by atoms with Crippen molar-refractivity contribution >= 4 is 22.7 Å². The van der Waals surface area contributed by atoms with Crippen molar-refractivity contribution in [2.24, 2.45) is 0 Å². The van der Waals surface area contributed by atoms with Crippen LogP contribution in [-0.2, 0) is 4.79 Å². The normalized spacial score (nSPS) is 15.8. The Morgan fingerprint density at radius 1 is 1.21 bits per heavy atom. The van der Waals surface area contributed by atoms with Crippen LogP contribution in [0.2, 0.25) is 0 Å². The molecule has 0 saturated heterocycles. The summed E-state index contributed by atoms with van der Waals surface area (Å²) >= 11 is 0. The standard InChI is InChI=1S/C21H16O7/c1-10(22)12-4-6-17-19(21(12)25)13(8-18(23)28-17)15-9-27-16-5-3-11(26-2)7-14(16)20(15)24/h3-7,9,13,25H,8H2,1-2H3/t13-/m0/s1. The smallest absolute Gasteiger partial charge is 0.312 e. The molecule has 0 spiro atoms. The van der Waals surface area contributed by atoms with Crippen LogP contribution < -0.4 is 14.9 Å². The molecule has 4 rings (SSSR count). The minimum absolute atomic E-state index is 0.0912. The number of esters is 1. The molecular weight excluding hydrogens is 364 g/mol. The van der Waals surface area contributed by atoms with Crippen LogP contribution in [0.1, 0.15) is 40.7 Å². The number of ether oxygens (including phenoxy) is 2. The van der Waals surface area contributed by atoms with E-state index in [2.05, 4.69) is 0 Å². The lowest BCUT2D eigenvalue weighted by Gasteiger charge is -2.25. The van der Waals surface area contributed by atoms with Crippen molar-refractivity contribution < 1.29 is 28.6 Å². The van der Waals surface area contributed by atoms with Gasteiger partial charge >= 0.3 is 5.97 Å². The molecule has 1 aromatic heterocycles. The summed E-state index contributed by atoms with van der Waals surface area (Å²) in [5, 5.41) is 10.9. The maximum absolute atomic E-state index is 13.1. The van der Waals surface area contributed by atoms with E-state index in [4.69, 9.17) is 13.9 Å². The molecule has 7 nitrogen and oxygen atoms in total. The van der Waals surface area contributed by atoms with Crippen molar-refractivity contribution in [2.75, 3.05) is 7.11 Å². The van der Waals surface area contributed by atoms with Gasteiger partial charge in [0.15, 0.2) is 11.2 Å². The van der Waals surface area contributed by atoms with Crippen molar-refractivity contribution in [3.05, 3.63) is 63.5 Å². The number of phenols is 1. The minimum Gasteiger partial charge on any atom is -0.507 e. The summed E-state index contributed by atoms with van der Waals surface area (Å²) in [6.45, 7) is 1.32. The number of Topliss-reactive ketones (excluding diaryl/α,β-unsaturated/α-hetero) is 1. The minimum atomic E-state index is -0.803. The van der Waals surface area contributed by atoms with E-state index >= 15 is 0 Å². The second kappa shape index (κ2) is 6.53. The second-order valence-corrected chi connectivity index (χ2v) is 6.54. The van der Waals surface area contributed by atoms with Crippen LogP contribution >= 0.6 is 0 Å². The first kappa shape index (κ1) is 17.8. The molecule has 0 radical (unpaired) electrons. The van der Waals surface area contributed by atoms with Gasteiger partial charge in [-0.2, -0.15) is 0 Å². The van der Waals surface area contributed by atoms with E-state index in [1.807, 2.05) is 0 Å². The van der Waals surface area contributed by atoms with Gasteiger partial charge in [-0.05, 0) is 37.3 Å². The first-order chi connectivity index (χ1) is 13.4. The van der Waals surface area contributed by atoms with Gasteiger partial charge in [-0.25, -0.2) is 0 Å². The zero-order chi connectivity index (χ0) is 20.0. The number of ketones is 1. The third-order valence-corrected chi connectivity index (χ3v) is 4.88. The Kier molecular flexibility index (Phi) is 4.15. The number of hydrogen-bond acceptors (Lipinski definition) is 7. The van der Waals surface area contributed by atoms with Gasteiger partial charge in [-0.3, -0.25) is 14.4 Å². The van der Waals surface area contributed by atoms with Gasteiger partial charge < -0.3 is 19.0 Å². The average Bonchev–Trinajstić information content (AvgIpc) is 2.67. The SMILES string of the molecule is COc1ccc2occ([C@@H]3CC(=O)Oc4ccc(C(C)=O)c(O)c43)c(=O)c2c1. The van der Waals surface area contributed by atoms with E-state index < -0.39 is 11.9 Å². The second-order valence-electron chi connectivity index (χ2n) is 6.54. The number of phenolic OH excluding ortho intramolecular Hbond substituents is 1. The number of aromatic hydroxyl groups is 1. The van der Waals surface area contributed by atoms with Gasteiger partial charge in [0, 0.05) is 17.0 Å². The van der Waals surface area contributed by atoms with E-state index in [1.54, 1.807) is 18.2 Å². The van der Waals surface area contributed by atoms with Gasteiger partial charge in [-0.15, -0.1) is 0 Å². The van der Waals surface area contributed by atoms with Crippen LogP contribution in [0.5, 0.6) is 17.2 Å². The number of fused-ring (bicyclic) bond motifs is 2. The molecule has 0 bridgehead atoms. The molecule has 0 fully saturated rings.